The number of rotatable bonds is 5. The summed E-state index contributed by atoms with van der Waals surface area (Å²) in [6.45, 7) is 5.07. The van der Waals surface area contributed by atoms with E-state index in [-0.39, 0.29) is 12.2 Å². The van der Waals surface area contributed by atoms with Crippen LogP contribution in [-0.2, 0) is 16.0 Å². The van der Waals surface area contributed by atoms with Crippen molar-refractivity contribution in [3.05, 3.63) is 52.9 Å². The van der Waals surface area contributed by atoms with Gasteiger partial charge >= 0.3 is 5.97 Å². The summed E-state index contributed by atoms with van der Waals surface area (Å²) in [5.41, 5.74) is 1.89. The maximum Gasteiger partial charge on any atom is 0.311 e. The lowest BCUT2D eigenvalue weighted by atomic mass is 10.1. The second kappa shape index (κ2) is 6.35. The fourth-order valence-corrected chi connectivity index (χ4v) is 2.03. The van der Waals surface area contributed by atoms with Crippen molar-refractivity contribution in [1.29, 1.82) is 0 Å². The van der Waals surface area contributed by atoms with Gasteiger partial charge in [0.25, 0.3) is 0 Å². The van der Waals surface area contributed by atoms with Crippen molar-refractivity contribution in [1.82, 2.24) is 5.16 Å². The highest BCUT2D eigenvalue weighted by atomic mass is 16.5. The zero-order valence-electron chi connectivity index (χ0n) is 12.3. The van der Waals surface area contributed by atoms with E-state index in [0.29, 0.717) is 22.6 Å². The summed E-state index contributed by atoms with van der Waals surface area (Å²) in [5.74, 6) is -0.101. The predicted molar refractivity (Wildman–Crippen MR) is 76.0 cm³/mol. The molecular weight excluding hydrogens is 270 g/mol. The third-order valence-corrected chi connectivity index (χ3v) is 3.24. The molecule has 1 aromatic heterocycles. The Morgan fingerprint density at radius 3 is 2.48 bits per heavy atom. The van der Waals surface area contributed by atoms with Gasteiger partial charge < -0.3 is 9.26 Å². The van der Waals surface area contributed by atoms with Crippen LogP contribution in [0.15, 0.2) is 34.9 Å². The number of nitrogens with zero attached hydrogens (tertiary/aromatic N) is 1. The molecule has 2 rings (SSSR count). The van der Waals surface area contributed by atoms with Gasteiger partial charge in [-0.3, -0.25) is 9.59 Å². The Balaban J connectivity index is 1.98. The van der Waals surface area contributed by atoms with E-state index in [1.807, 2.05) is 6.07 Å². The van der Waals surface area contributed by atoms with E-state index >= 15 is 0 Å². The lowest BCUT2D eigenvalue weighted by Crippen LogP contribution is -2.25. The highest BCUT2D eigenvalue weighted by Gasteiger charge is 2.21. The molecule has 0 bridgehead atoms. The summed E-state index contributed by atoms with van der Waals surface area (Å²) in [5, 5.41) is 3.78. The standard InChI is InChI=1S/C16H17NO4/c1-10-14(11(2)21-17-10)9-15(18)20-12(3)16(19)13-7-5-4-6-8-13/h4-8,12H,9H2,1-3H3. The minimum atomic E-state index is -0.819. The molecule has 1 aromatic carbocycles. The number of carbonyl (C=O) groups excluding carboxylic acids is 2. The summed E-state index contributed by atoms with van der Waals surface area (Å²) in [6.07, 6.45) is -0.770. The fraction of sp³-hybridized carbons (Fsp3) is 0.312. The maximum absolute atomic E-state index is 12.1. The van der Waals surface area contributed by atoms with Crippen LogP contribution in [0.5, 0.6) is 0 Å². The number of benzene rings is 1. The van der Waals surface area contributed by atoms with Gasteiger partial charge in [-0.15, -0.1) is 0 Å². The Morgan fingerprint density at radius 1 is 1.24 bits per heavy atom. The first kappa shape index (κ1) is 15.0. The van der Waals surface area contributed by atoms with E-state index in [1.165, 1.54) is 0 Å². The highest BCUT2D eigenvalue weighted by molar-refractivity contribution is 6.00. The minimum absolute atomic E-state index is 0.0492. The first-order chi connectivity index (χ1) is 9.99. The lowest BCUT2D eigenvalue weighted by molar-refractivity contribution is -0.145. The van der Waals surface area contributed by atoms with E-state index in [1.54, 1.807) is 45.0 Å². The van der Waals surface area contributed by atoms with Crippen molar-refractivity contribution >= 4 is 11.8 Å². The molecule has 0 aliphatic rings. The molecule has 0 saturated heterocycles. The smallest absolute Gasteiger partial charge is 0.311 e. The molecule has 21 heavy (non-hydrogen) atoms. The number of ketones is 1. The van der Waals surface area contributed by atoms with Gasteiger partial charge in [0.1, 0.15) is 5.76 Å². The first-order valence-electron chi connectivity index (χ1n) is 6.69. The lowest BCUT2D eigenvalue weighted by Gasteiger charge is -2.12. The van der Waals surface area contributed by atoms with Crippen LogP contribution in [0.1, 0.15) is 34.3 Å². The Labute approximate surface area is 122 Å². The molecule has 0 fully saturated rings. The molecule has 0 amide bonds. The molecule has 5 heteroatoms. The number of Topliss-reactive ketones (excluding diaryl/α,β-unsaturated/α-hetero) is 1. The number of hydrogen-bond donors (Lipinski definition) is 0. The van der Waals surface area contributed by atoms with Gasteiger partial charge in [-0.05, 0) is 20.8 Å². The van der Waals surface area contributed by atoms with Gasteiger partial charge in [0.05, 0.1) is 12.1 Å². The van der Waals surface area contributed by atoms with Crippen molar-refractivity contribution < 1.29 is 18.8 Å². The SMILES string of the molecule is Cc1noc(C)c1CC(=O)OC(C)C(=O)c1ccccc1. The van der Waals surface area contributed by atoms with Crippen LogP contribution in [-0.4, -0.2) is 23.0 Å². The van der Waals surface area contributed by atoms with Gasteiger partial charge in [-0.25, -0.2) is 0 Å². The van der Waals surface area contributed by atoms with Crippen molar-refractivity contribution in [3.63, 3.8) is 0 Å². The Hall–Kier alpha value is -2.43. The quantitative estimate of drug-likeness (QED) is 0.624. The number of esters is 1. The average molecular weight is 287 g/mol. The van der Waals surface area contributed by atoms with E-state index in [2.05, 4.69) is 5.16 Å². The van der Waals surface area contributed by atoms with Crippen LogP contribution >= 0.6 is 0 Å². The Morgan fingerprint density at radius 2 is 1.90 bits per heavy atom. The van der Waals surface area contributed by atoms with Crippen LogP contribution in [0.4, 0.5) is 0 Å². The normalized spacial score (nSPS) is 12.0. The Bertz CT molecular complexity index is 626. The van der Waals surface area contributed by atoms with E-state index < -0.39 is 12.1 Å². The van der Waals surface area contributed by atoms with Gasteiger partial charge in [0.15, 0.2) is 6.10 Å². The zero-order chi connectivity index (χ0) is 15.4. The molecule has 0 spiro atoms. The third kappa shape index (κ3) is 3.56. The van der Waals surface area contributed by atoms with Gasteiger partial charge in [-0.2, -0.15) is 0 Å². The molecule has 0 aliphatic carbocycles. The van der Waals surface area contributed by atoms with Crippen molar-refractivity contribution in [2.24, 2.45) is 0 Å². The van der Waals surface area contributed by atoms with E-state index in [9.17, 15) is 9.59 Å². The zero-order valence-corrected chi connectivity index (χ0v) is 12.3. The first-order valence-corrected chi connectivity index (χ1v) is 6.69. The van der Waals surface area contributed by atoms with Gasteiger partial charge in [-0.1, -0.05) is 35.5 Å². The second-order valence-electron chi connectivity index (χ2n) is 4.84. The molecule has 0 radical (unpaired) electrons. The summed E-state index contributed by atoms with van der Waals surface area (Å²) >= 11 is 0. The maximum atomic E-state index is 12.1. The molecule has 2 aromatic rings. The number of ether oxygens (including phenoxy) is 1. The summed E-state index contributed by atoms with van der Waals surface area (Å²) in [4.78, 5) is 24.0. The van der Waals surface area contributed by atoms with Gasteiger partial charge in [0.2, 0.25) is 5.78 Å². The highest BCUT2D eigenvalue weighted by Crippen LogP contribution is 2.14. The molecule has 0 saturated carbocycles. The predicted octanol–water partition coefficient (Wildman–Crippen LogP) is 2.65. The van der Waals surface area contributed by atoms with Crippen LogP contribution in [0, 0.1) is 13.8 Å². The minimum Gasteiger partial charge on any atom is -0.454 e. The largest absolute Gasteiger partial charge is 0.454 e. The summed E-state index contributed by atoms with van der Waals surface area (Å²) in [6, 6.07) is 8.75. The molecule has 1 heterocycles. The van der Waals surface area contributed by atoms with Crippen LogP contribution in [0.2, 0.25) is 0 Å². The van der Waals surface area contributed by atoms with E-state index in [4.69, 9.17) is 9.26 Å². The molecule has 0 N–H and O–H groups in total. The third-order valence-electron chi connectivity index (χ3n) is 3.24. The Kier molecular flexibility index (Phi) is 4.52. The fourth-order valence-electron chi connectivity index (χ4n) is 2.03. The van der Waals surface area contributed by atoms with Crippen molar-refractivity contribution in [2.75, 3.05) is 0 Å². The average Bonchev–Trinajstić information content (AvgIpc) is 2.79. The van der Waals surface area contributed by atoms with E-state index in [0.717, 1.165) is 0 Å². The molecule has 0 aliphatic heterocycles. The van der Waals surface area contributed by atoms with Gasteiger partial charge in [0, 0.05) is 11.1 Å². The van der Waals surface area contributed by atoms with Crippen LogP contribution in [0.25, 0.3) is 0 Å². The summed E-state index contributed by atoms with van der Waals surface area (Å²) in [7, 11) is 0. The molecule has 5 nitrogen and oxygen atoms in total. The van der Waals surface area contributed by atoms with Crippen molar-refractivity contribution in [3.8, 4) is 0 Å². The monoisotopic (exact) mass is 287 g/mol. The topological polar surface area (TPSA) is 69.4 Å². The number of aryl methyl sites for hydroxylation is 2. The number of hydrogen-bond acceptors (Lipinski definition) is 5. The number of aromatic nitrogens is 1. The molecule has 1 atom stereocenters. The van der Waals surface area contributed by atoms with Crippen molar-refractivity contribution in [2.45, 2.75) is 33.3 Å². The van der Waals surface area contributed by atoms with Crippen LogP contribution in [0.3, 0.4) is 0 Å². The number of carbonyl (C=O) groups is 2. The second-order valence-corrected chi connectivity index (χ2v) is 4.84. The molecular formula is C16H17NO4. The van der Waals surface area contributed by atoms with Crippen LogP contribution < -0.4 is 0 Å². The molecule has 110 valence electrons. The molecule has 1 unspecified atom stereocenters. The summed E-state index contributed by atoms with van der Waals surface area (Å²) < 4.78 is 10.2.